The molecule has 5 heteroatoms. The molecule has 0 aromatic carbocycles. The van der Waals surface area contributed by atoms with Crippen molar-refractivity contribution in [1.29, 1.82) is 0 Å². The van der Waals surface area contributed by atoms with Crippen LogP contribution >= 0.6 is 0 Å². The van der Waals surface area contributed by atoms with Gasteiger partial charge in [-0.25, -0.2) is 0 Å². The fraction of sp³-hybridized carbons (Fsp3) is 0.714. The minimum absolute atomic E-state index is 0.0969. The lowest BCUT2D eigenvalue weighted by Gasteiger charge is -2.41. The predicted octanol–water partition coefficient (Wildman–Crippen LogP) is 1.68. The molecular weight excluding hydrogens is 248 g/mol. The average molecular weight is 266 g/mol. The lowest BCUT2D eigenvalue weighted by molar-refractivity contribution is -0.164. The highest BCUT2D eigenvalue weighted by atomic mass is 16.5. The fourth-order valence-corrected chi connectivity index (χ4v) is 4.06. The second-order valence-electron chi connectivity index (χ2n) is 5.86. The van der Waals surface area contributed by atoms with E-state index in [2.05, 4.69) is 0 Å². The highest BCUT2D eigenvalue weighted by Crippen LogP contribution is 2.51. The maximum Gasteiger partial charge on any atom is 0.307 e. The van der Waals surface area contributed by atoms with Crippen molar-refractivity contribution in [3.05, 3.63) is 12.2 Å². The molecule has 2 N–H and O–H groups in total. The number of hydrogen-bond donors (Lipinski definition) is 2. The third-order valence-electron chi connectivity index (χ3n) is 4.91. The van der Waals surface area contributed by atoms with Crippen LogP contribution in [0, 0.1) is 17.8 Å². The van der Waals surface area contributed by atoms with E-state index in [1.54, 1.807) is 0 Å². The van der Waals surface area contributed by atoms with Crippen molar-refractivity contribution in [3.63, 3.8) is 0 Å². The Labute approximate surface area is 111 Å². The molecule has 0 aromatic heterocycles. The van der Waals surface area contributed by atoms with Gasteiger partial charge >= 0.3 is 11.9 Å². The maximum atomic E-state index is 11.6. The van der Waals surface area contributed by atoms with Gasteiger partial charge < -0.3 is 14.9 Å². The Morgan fingerprint density at radius 2 is 1.95 bits per heavy atom. The van der Waals surface area contributed by atoms with Gasteiger partial charge in [0.1, 0.15) is 0 Å². The van der Waals surface area contributed by atoms with E-state index in [1.165, 1.54) is 0 Å². The van der Waals surface area contributed by atoms with Gasteiger partial charge in [-0.3, -0.25) is 9.59 Å². The van der Waals surface area contributed by atoms with Crippen LogP contribution in [0.25, 0.3) is 0 Å². The molecule has 5 atom stereocenters. The Hall–Kier alpha value is -1.36. The largest absolute Gasteiger partial charge is 0.481 e. The third kappa shape index (κ3) is 1.87. The first kappa shape index (κ1) is 12.7. The number of fused-ring (bicyclic) bond motifs is 2. The van der Waals surface area contributed by atoms with Crippen LogP contribution in [0.3, 0.4) is 0 Å². The van der Waals surface area contributed by atoms with E-state index in [0.717, 1.165) is 25.7 Å². The molecule has 104 valence electrons. The van der Waals surface area contributed by atoms with Crippen molar-refractivity contribution in [2.45, 2.75) is 43.8 Å². The summed E-state index contributed by atoms with van der Waals surface area (Å²) >= 11 is 0. The standard InChI is InChI=1S/C14H18O5/c15-12(16)9-2-1-3-10(11(9)13(17)18)14-6-4-8(19-14)5-7-14/h4,6,8-11H,1-3,5,7H2,(H,15,16)(H,17,18). The molecule has 2 bridgehead atoms. The summed E-state index contributed by atoms with van der Waals surface area (Å²) in [5, 5.41) is 18.7. The van der Waals surface area contributed by atoms with Crippen molar-refractivity contribution in [2.24, 2.45) is 17.8 Å². The summed E-state index contributed by atoms with van der Waals surface area (Å²) in [6.07, 6.45) is 7.74. The van der Waals surface area contributed by atoms with Gasteiger partial charge in [-0.2, -0.15) is 0 Å². The number of carboxylic acids is 2. The van der Waals surface area contributed by atoms with Crippen molar-refractivity contribution in [2.75, 3.05) is 0 Å². The molecule has 19 heavy (non-hydrogen) atoms. The molecule has 0 spiro atoms. The smallest absolute Gasteiger partial charge is 0.307 e. The average Bonchev–Trinajstić information content (AvgIpc) is 2.99. The number of carbonyl (C=O) groups is 2. The molecule has 3 rings (SSSR count). The van der Waals surface area contributed by atoms with Crippen LogP contribution in [0.15, 0.2) is 12.2 Å². The van der Waals surface area contributed by atoms with E-state index in [4.69, 9.17) is 4.74 Å². The highest BCUT2D eigenvalue weighted by molar-refractivity contribution is 5.80. The second-order valence-corrected chi connectivity index (χ2v) is 5.86. The number of hydrogen-bond acceptors (Lipinski definition) is 3. The Morgan fingerprint density at radius 1 is 1.16 bits per heavy atom. The van der Waals surface area contributed by atoms with Gasteiger partial charge in [0.2, 0.25) is 0 Å². The van der Waals surface area contributed by atoms with Gasteiger partial charge in [0.15, 0.2) is 0 Å². The summed E-state index contributed by atoms with van der Waals surface area (Å²) in [5.41, 5.74) is -0.526. The van der Waals surface area contributed by atoms with E-state index in [0.29, 0.717) is 6.42 Å². The minimum atomic E-state index is -1.00. The summed E-state index contributed by atoms with van der Waals surface area (Å²) < 4.78 is 5.94. The van der Waals surface area contributed by atoms with Crippen LogP contribution in [0.4, 0.5) is 0 Å². The summed E-state index contributed by atoms with van der Waals surface area (Å²) in [6, 6.07) is 0. The molecule has 1 aliphatic carbocycles. The van der Waals surface area contributed by atoms with E-state index in [9.17, 15) is 19.8 Å². The molecule has 0 radical (unpaired) electrons. The Balaban J connectivity index is 1.92. The Morgan fingerprint density at radius 3 is 2.42 bits per heavy atom. The summed E-state index contributed by atoms with van der Waals surface area (Å²) in [5.74, 6) is -3.84. The number of ether oxygens (including phenoxy) is 1. The number of carboxylic acid groups (broad SMARTS) is 2. The molecule has 0 amide bonds. The van der Waals surface area contributed by atoms with Crippen LogP contribution < -0.4 is 0 Å². The van der Waals surface area contributed by atoms with E-state index < -0.39 is 29.4 Å². The molecule has 0 aromatic rings. The zero-order valence-electron chi connectivity index (χ0n) is 10.6. The lowest BCUT2D eigenvalue weighted by atomic mass is 9.64. The van der Waals surface area contributed by atoms with Crippen molar-refractivity contribution in [1.82, 2.24) is 0 Å². The SMILES string of the molecule is O=C(O)C1CCCC(C23C=CC(CC2)O3)C1C(=O)O. The predicted molar refractivity (Wildman–Crippen MR) is 65.6 cm³/mol. The number of rotatable bonds is 3. The van der Waals surface area contributed by atoms with Crippen LogP contribution in [0.5, 0.6) is 0 Å². The monoisotopic (exact) mass is 266 g/mol. The van der Waals surface area contributed by atoms with Gasteiger partial charge in [0.05, 0.1) is 23.5 Å². The highest BCUT2D eigenvalue weighted by Gasteiger charge is 2.55. The number of aliphatic carboxylic acids is 2. The first-order chi connectivity index (χ1) is 9.03. The molecule has 5 nitrogen and oxygen atoms in total. The molecule has 5 unspecified atom stereocenters. The second kappa shape index (κ2) is 4.34. The molecule has 2 fully saturated rings. The van der Waals surface area contributed by atoms with Crippen LogP contribution in [0.1, 0.15) is 32.1 Å². The maximum absolute atomic E-state index is 11.6. The summed E-state index contributed by atoms with van der Waals surface area (Å²) in [6.45, 7) is 0. The van der Waals surface area contributed by atoms with Crippen molar-refractivity contribution >= 4 is 11.9 Å². The fourth-order valence-electron chi connectivity index (χ4n) is 4.06. The van der Waals surface area contributed by atoms with Gasteiger partial charge in [-0.15, -0.1) is 0 Å². The Kier molecular flexibility index (Phi) is 2.89. The van der Waals surface area contributed by atoms with Gasteiger partial charge in [-0.05, 0) is 25.7 Å². The van der Waals surface area contributed by atoms with Gasteiger partial charge in [-0.1, -0.05) is 18.6 Å². The third-order valence-corrected chi connectivity index (χ3v) is 4.91. The van der Waals surface area contributed by atoms with Gasteiger partial charge in [0.25, 0.3) is 0 Å². The topological polar surface area (TPSA) is 83.8 Å². The van der Waals surface area contributed by atoms with E-state index in [1.807, 2.05) is 12.2 Å². The van der Waals surface area contributed by atoms with Crippen LogP contribution in [-0.4, -0.2) is 33.9 Å². The minimum Gasteiger partial charge on any atom is -0.481 e. The lowest BCUT2D eigenvalue weighted by Crippen LogP contribution is -2.48. The first-order valence-corrected chi connectivity index (χ1v) is 6.86. The van der Waals surface area contributed by atoms with Crippen LogP contribution in [-0.2, 0) is 14.3 Å². The quantitative estimate of drug-likeness (QED) is 0.759. The molecule has 2 heterocycles. The van der Waals surface area contributed by atoms with E-state index >= 15 is 0 Å². The van der Waals surface area contributed by atoms with Crippen molar-refractivity contribution < 1.29 is 24.5 Å². The molecule has 1 saturated heterocycles. The van der Waals surface area contributed by atoms with Gasteiger partial charge in [0, 0.05) is 5.92 Å². The zero-order chi connectivity index (χ0) is 13.6. The Bertz CT molecular complexity index is 443. The van der Waals surface area contributed by atoms with Crippen molar-refractivity contribution in [3.8, 4) is 0 Å². The van der Waals surface area contributed by atoms with E-state index in [-0.39, 0.29) is 12.0 Å². The van der Waals surface area contributed by atoms with Crippen LogP contribution in [0.2, 0.25) is 0 Å². The first-order valence-electron chi connectivity index (χ1n) is 6.86. The molecular formula is C14H18O5. The normalized spacial score (nSPS) is 44.4. The summed E-state index contributed by atoms with van der Waals surface area (Å²) in [4.78, 5) is 22.9. The molecule has 3 aliphatic rings. The molecule has 2 aliphatic heterocycles. The molecule has 1 saturated carbocycles. The zero-order valence-corrected chi connectivity index (χ0v) is 10.6. The summed E-state index contributed by atoms with van der Waals surface area (Å²) in [7, 11) is 0.